The van der Waals surface area contributed by atoms with Gasteiger partial charge in [0.2, 0.25) is 5.91 Å². The van der Waals surface area contributed by atoms with E-state index >= 15 is 0 Å². The molecule has 2 rings (SSSR count). The van der Waals surface area contributed by atoms with Crippen LogP contribution in [0.25, 0.3) is 0 Å². The highest BCUT2D eigenvalue weighted by atomic mass is 79.9. The van der Waals surface area contributed by atoms with Crippen LogP contribution >= 0.6 is 27.3 Å². The lowest BCUT2D eigenvalue weighted by Gasteiger charge is -2.06. The second-order valence-electron chi connectivity index (χ2n) is 3.77. The van der Waals surface area contributed by atoms with Gasteiger partial charge in [0.1, 0.15) is 5.82 Å². The molecule has 1 amide bonds. The number of benzene rings is 1. The Hall–Kier alpha value is -1.20. The lowest BCUT2D eigenvalue weighted by Crippen LogP contribution is -2.24. The van der Waals surface area contributed by atoms with E-state index in [9.17, 15) is 9.18 Å². The number of nitrogens with one attached hydrogen (secondary N) is 1. The van der Waals surface area contributed by atoms with Crippen LogP contribution in [0.5, 0.6) is 0 Å². The van der Waals surface area contributed by atoms with Crippen molar-refractivity contribution in [1.29, 1.82) is 0 Å². The number of thiophene rings is 1. The zero-order chi connectivity index (χ0) is 13.0. The third-order valence-corrected chi connectivity index (χ3v) is 3.77. The Morgan fingerprint density at radius 2 is 2.22 bits per heavy atom. The molecular weight excluding hydrogens is 317 g/mol. The topological polar surface area (TPSA) is 29.1 Å². The zero-order valence-electron chi connectivity index (χ0n) is 9.45. The number of hydrogen-bond donors (Lipinski definition) is 1. The van der Waals surface area contributed by atoms with E-state index < -0.39 is 0 Å². The molecule has 0 fully saturated rings. The fourth-order valence-electron chi connectivity index (χ4n) is 1.51. The summed E-state index contributed by atoms with van der Waals surface area (Å²) in [5.74, 6) is -0.411. The van der Waals surface area contributed by atoms with Crippen molar-refractivity contribution in [2.24, 2.45) is 0 Å². The Morgan fingerprint density at radius 1 is 1.39 bits per heavy atom. The summed E-state index contributed by atoms with van der Waals surface area (Å²) in [7, 11) is 0. The molecule has 2 nitrogen and oxygen atoms in total. The molecule has 5 heteroatoms. The SMILES string of the molecule is O=C(Cc1cccs1)NCc1cc(Br)ccc1F. The quantitative estimate of drug-likeness (QED) is 0.914. The number of halogens is 2. The Morgan fingerprint density at radius 3 is 2.94 bits per heavy atom. The molecule has 0 unspecified atom stereocenters. The summed E-state index contributed by atoms with van der Waals surface area (Å²) >= 11 is 4.81. The summed E-state index contributed by atoms with van der Waals surface area (Å²) in [5.41, 5.74) is 0.476. The van der Waals surface area contributed by atoms with E-state index in [1.54, 1.807) is 12.1 Å². The monoisotopic (exact) mass is 327 g/mol. The molecule has 0 aliphatic heterocycles. The van der Waals surface area contributed by atoms with E-state index in [1.165, 1.54) is 17.4 Å². The summed E-state index contributed by atoms with van der Waals surface area (Å²) in [6.45, 7) is 0.204. The maximum atomic E-state index is 13.4. The smallest absolute Gasteiger partial charge is 0.225 e. The van der Waals surface area contributed by atoms with Crippen LogP contribution in [0, 0.1) is 5.82 Å². The number of rotatable bonds is 4. The van der Waals surface area contributed by atoms with Gasteiger partial charge in [0.15, 0.2) is 0 Å². The van der Waals surface area contributed by atoms with Crippen LogP contribution in [0.1, 0.15) is 10.4 Å². The highest BCUT2D eigenvalue weighted by Crippen LogP contribution is 2.15. The van der Waals surface area contributed by atoms with Crippen molar-refractivity contribution in [3.05, 3.63) is 56.4 Å². The molecule has 0 saturated heterocycles. The van der Waals surface area contributed by atoms with Crippen LogP contribution in [-0.4, -0.2) is 5.91 Å². The normalized spacial score (nSPS) is 10.3. The molecule has 1 heterocycles. The second-order valence-corrected chi connectivity index (χ2v) is 5.72. The van der Waals surface area contributed by atoms with Gasteiger partial charge in [-0.15, -0.1) is 11.3 Å². The number of hydrogen-bond acceptors (Lipinski definition) is 2. The van der Waals surface area contributed by atoms with Crippen LogP contribution in [-0.2, 0) is 17.8 Å². The van der Waals surface area contributed by atoms with Gasteiger partial charge in [-0.2, -0.15) is 0 Å². The molecule has 0 radical (unpaired) electrons. The van der Waals surface area contributed by atoms with Gasteiger partial charge < -0.3 is 5.32 Å². The zero-order valence-corrected chi connectivity index (χ0v) is 11.9. The molecule has 1 aromatic heterocycles. The summed E-state index contributed by atoms with van der Waals surface area (Å²) in [5, 5.41) is 4.64. The maximum Gasteiger partial charge on any atom is 0.225 e. The van der Waals surface area contributed by atoms with Crippen molar-refractivity contribution < 1.29 is 9.18 Å². The average Bonchev–Trinajstić information content (AvgIpc) is 2.83. The molecule has 0 bridgehead atoms. The molecular formula is C13H11BrFNOS. The minimum absolute atomic E-state index is 0.100. The van der Waals surface area contributed by atoms with Gasteiger partial charge in [-0.3, -0.25) is 4.79 Å². The van der Waals surface area contributed by atoms with Crippen LogP contribution < -0.4 is 5.32 Å². The van der Waals surface area contributed by atoms with Crippen LogP contribution in [0.4, 0.5) is 4.39 Å². The second kappa shape index (κ2) is 6.11. The molecule has 0 saturated carbocycles. The molecule has 0 aliphatic rings. The number of carbonyl (C=O) groups excluding carboxylic acids is 1. The number of amides is 1. The molecule has 18 heavy (non-hydrogen) atoms. The predicted molar refractivity (Wildman–Crippen MR) is 74.0 cm³/mol. The Kier molecular flexibility index (Phi) is 4.49. The summed E-state index contributed by atoms with van der Waals surface area (Å²) in [6.07, 6.45) is 0.341. The molecule has 2 aromatic rings. The summed E-state index contributed by atoms with van der Waals surface area (Å²) < 4.78 is 14.2. The van der Waals surface area contributed by atoms with E-state index in [0.29, 0.717) is 12.0 Å². The van der Waals surface area contributed by atoms with E-state index in [0.717, 1.165) is 9.35 Å². The van der Waals surface area contributed by atoms with Crippen molar-refractivity contribution in [3.8, 4) is 0 Å². The first-order valence-electron chi connectivity index (χ1n) is 5.38. The summed E-state index contributed by atoms with van der Waals surface area (Å²) in [4.78, 5) is 12.6. The molecule has 94 valence electrons. The largest absolute Gasteiger partial charge is 0.352 e. The van der Waals surface area contributed by atoms with Crippen molar-refractivity contribution in [1.82, 2.24) is 5.32 Å². The first-order valence-corrected chi connectivity index (χ1v) is 7.05. The summed E-state index contributed by atoms with van der Waals surface area (Å²) in [6, 6.07) is 8.49. The molecule has 1 aromatic carbocycles. The van der Waals surface area contributed by atoms with Gasteiger partial charge in [-0.25, -0.2) is 4.39 Å². The highest BCUT2D eigenvalue weighted by Gasteiger charge is 2.07. The minimum atomic E-state index is -0.311. The van der Waals surface area contributed by atoms with Crippen molar-refractivity contribution in [2.75, 3.05) is 0 Å². The lowest BCUT2D eigenvalue weighted by molar-refractivity contribution is -0.120. The van der Waals surface area contributed by atoms with Crippen LogP contribution in [0.15, 0.2) is 40.2 Å². The first kappa shape index (κ1) is 13.2. The standard InChI is InChI=1S/C13H11BrFNOS/c14-10-3-4-12(15)9(6-10)8-16-13(17)7-11-2-1-5-18-11/h1-6H,7-8H2,(H,16,17). The Labute approximate surface area is 117 Å². The molecule has 0 spiro atoms. The number of carbonyl (C=O) groups is 1. The minimum Gasteiger partial charge on any atom is -0.352 e. The van der Waals surface area contributed by atoms with E-state index in [1.807, 2.05) is 17.5 Å². The van der Waals surface area contributed by atoms with Gasteiger partial charge >= 0.3 is 0 Å². The van der Waals surface area contributed by atoms with Gasteiger partial charge in [0.25, 0.3) is 0 Å². The van der Waals surface area contributed by atoms with Crippen LogP contribution in [0.3, 0.4) is 0 Å². The predicted octanol–water partition coefficient (Wildman–Crippen LogP) is 3.51. The van der Waals surface area contributed by atoms with Gasteiger partial charge in [0.05, 0.1) is 6.42 Å². The first-order chi connectivity index (χ1) is 8.65. The van der Waals surface area contributed by atoms with Gasteiger partial charge in [-0.1, -0.05) is 22.0 Å². The molecule has 0 aliphatic carbocycles. The molecule has 0 atom stereocenters. The van der Waals surface area contributed by atoms with Gasteiger partial charge in [-0.05, 0) is 29.6 Å². The lowest BCUT2D eigenvalue weighted by atomic mass is 10.2. The Balaban J connectivity index is 1.91. The molecule has 1 N–H and O–H groups in total. The van der Waals surface area contributed by atoms with E-state index in [2.05, 4.69) is 21.2 Å². The third-order valence-electron chi connectivity index (χ3n) is 2.40. The van der Waals surface area contributed by atoms with E-state index in [4.69, 9.17) is 0 Å². The fraction of sp³-hybridized carbons (Fsp3) is 0.154. The average molecular weight is 328 g/mol. The maximum absolute atomic E-state index is 13.4. The van der Waals surface area contributed by atoms with Gasteiger partial charge in [0, 0.05) is 21.5 Å². The van der Waals surface area contributed by atoms with E-state index in [-0.39, 0.29) is 18.3 Å². The fourth-order valence-corrected chi connectivity index (χ4v) is 2.62. The van der Waals surface area contributed by atoms with Crippen LogP contribution in [0.2, 0.25) is 0 Å². The van der Waals surface area contributed by atoms with Crippen molar-refractivity contribution >= 4 is 33.2 Å². The third kappa shape index (κ3) is 3.65. The highest BCUT2D eigenvalue weighted by molar-refractivity contribution is 9.10. The van der Waals surface area contributed by atoms with Crippen molar-refractivity contribution in [2.45, 2.75) is 13.0 Å². The Bertz CT molecular complexity index is 542. The van der Waals surface area contributed by atoms with Crippen molar-refractivity contribution in [3.63, 3.8) is 0 Å².